The van der Waals surface area contributed by atoms with Gasteiger partial charge in [0.05, 0.1) is 18.5 Å². The predicted octanol–water partition coefficient (Wildman–Crippen LogP) is 1.98. The van der Waals surface area contributed by atoms with Crippen LogP contribution in [0.3, 0.4) is 0 Å². The molecule has 24 heavy (non-hydrogen) atoms. The monoisotopic (exact) mass is 340 g/mol. The average Bonchev–Trinajstić information content (AvgIpc) is 3.09. The van der Waals surface area contributed by atoms with Gasteiger partial charge < -0.3 is 4.42 Å². The van der Waals surface area contributed by atoms with E-state index in [1.807, 2.05) is 6.07 Å². The zero-order valence-electron chi connectivity index (χ0n) is 12.5. The summed E-state index contributed by atoms with van der Waals surface area (Å²) < 4.78 is 7.61. The normalized spacial score (nSPS) is 13.8. The third kappa shape index (κ3) is 2.49. The molecule has 1 saturated carbocycles. The van der Waals surface area contributed by atoms with Gasteiger partial charge in [-0.1, -0.05) is 0 Å². The number of nitriles is 1. The second-order valence-corrected chi connectivity index (χ2v) is 6.48. The van der Waals surface area contributed by atoms with Gasteiger partial charge in [0.2, 0.25) is 0 Å². The van der Waals surface area contributed by atoms with Crippen LogP contribution in [0.2, 0.25) is 0 Å². The molecule has 0 N–H and O–H groups in total. The van der Waals surface area contributed by atoms with Crippen LogP contribution in [0, 0.1) is 11.3 Å². The lowest BCUT2D eigenvalue weighted by atomic mass is 10.3. The Bertz CT molecular complexity index is 1050. The predicted molar refractivity (Wildman–Crippen MR) is 86.9 cm³/mol. The molecule has 0 radical (unpaired) electrons. The molecule has 0 bridgehead atoms. The van der Waals surface area contributed by atoms with E-state index in [1.165, 1.54) is 22.1 Å². The quantitative estimate of drug-likeness (QED) is 0.724. The molecule has 0 atom stereocenters. The molecule has 0 unspecified atom stereocenters. The summed E-state index contributed by atoms with van der Waals surface area (Å²) in [6.45, 7) is 0.0499. The Morgan fingerprint density at radius 3 is 2.92 bits per heavy atom. The molecule has 0 saturated heterocycles. The minimum atomic E-state index is -0.572. The number of hydrogen-bond donors (Lipinski definition) is 0. The standard InChI is InChI=1S/C16H12N4O3S/c17-5-11-6-19(13-1-2-13)16(22)20(15(11)21)7-12-9-24-14(18-12)10-3-4-23-8-10/h3-4,6,8-9,13H,1-2,7H2. The number of rotatable bonds is 4. The summed E-state index contributed by atoms with van der Waals surface area (Å²) >= 11 is 1.41. The van der Waals surface area contributed by atoms with Crippen molar-refractivity contribution >= 4 is 11.3 Å². The fourth-order valence-corrected chi connectivity index (χ4v) is 3.31. The molecule has 1 fully saturated rings. The van der Waals surface area contributed by atoms with E-state index in [0.717, 1.165) is 28.0 Å². The third-order valence-electron chi connectivity index (χ3n) is 3.90. The molecule has 3 aromatic heterocycles. The van der Waals surface area contributed by atoms with Crippen LogP contribution in [0.4, 0.5) is 0 Å². The summed E-state index contributed by atoms with van der Waals surface area (Å²) in [7, 11) is 0. The van der Waals surface area contributed by atoms with Crippen LogP contribution in [0.5, 0.6) is 0 Å². The number of furan rings is 1. The van der Waals surface area contributed by atoms with Crippen LogP contribution in [0.1, 0.15) is 30.1 Å². The minimum absolute atomic E-state index is 0.0215. The maximum atomic E-state index is 12.6. The largest absolute Gasteiger partial charge is 0.472 e. The van der Waals surface area contributed by atoms with E-state index >= 15 is 0 Å². The van der Waals surface area contributed by atoms with E-state index in [9.17, 15) is 9.59 Å². The van der Waals surface area contributed by atoms with Gasteiger partial charge in [0.1, 0.15) is 22.9 Å². The second kappa shape index (κ2) is 5.62. The summed E-state index contributed by atoms with van der Waals surface area (Å²) in [6.07, 6.45) is 6.31. The number of thiazole rings is 1. The van der Waals surface area contributed by atoms with Crippen molar-refractivity contribution in [3.63, 3.8) is 0 Å². The van der Waals surface area contributed by atoms with Gasteiger partial charge in [-0.15, -0.1) is 11.3 Å². The minimum Gasteiger partial charge on any atom is -0.472 e. The van der Waals surface area contributed by atoms with Crippen LogP contribution in [-0.4, -0.2) is 14.1 Å². The van der Waals surface area contributed by atoms with Gasteiger partial charge in [-0.2, -0.15) is 5.26 Å². The molecule has 7 nitrogen and oxygen atoms in total. The van der Waals surface area contributed by atoms with Gasteiger partial charge in [-0.3, -0.25) is 13.9 Å². The lowest BCUT2D eigenvalue weighted by Gasteiger charge is -2.09. The topological polar surface area (TPSA) is 93.8 Å². The van der Waals surface area contributed by atoms with Crippen molar-refractivity contribution in [2.75, 3.05) is 0 Å². The van der Waals surface area contributed by atoms with Gasteiger partial charge in [-0.25, -0.2) is 9.78 Å². The highest BCUT2D eigenvalue weighted by Crippen LogP contribution is 2.33. The summed E-state index contributed by atoms with van der Waals surface area (Å²) in [5, 5.41) is 11.7. The smallest absolute Gasteiger partial charge is 0.331 e. The molecule has 0 aliphatic heterocycles. The van der Waals surface area contributed by atoms with Gasteiger partial charge in [0, 0.05) is 23.2 Å². The molecule has 3 aromatic rings. The summed E-state index contributed by atoms with van der Waals surface area (Å²) in [5.41, 5.74) is 0.469. The van der Waals surface area contributed by atoms with Crippen molar-refractivity contribution in [2.45, 2.75) is 25.4 Å². The molecular weight excluding hydrogens is 328 g/mol. The van der Waals surface area contributed by atoms with Crippen molar-refractivity contribution < 1.29 is 4.42 Å². The first kappa shape index (κ1) is 14.7. The maximum Gasteiger partial charge on any atom is 0.331 e. The Morgan fingerprint density at radius 2 is 2.25 bits per heavy atom. The Kier molecular flexibility index (Phi) is 3.43. The molecular formula is C16H12N4O3S. The van der Waals surface area contributed by atoms with Gasteiger partial charge in [0.25, 0.3) is 5.56 Å². The Balaban J connectivity index is 1.75. The number of aromatic nitrogens is 3. The van der Waals surface area contributed by atoms with E-state index in [-0.39, 0.29) is 23.8 Å². The van der Waals surface area contributed by atoms with Crippen LogP contribution >= 0.6 is 11.3 Å². The van der Waals surface area contributed by atoms with Crippen LogP contribution in [0.15, 0.2) is 44.2 Å². The molecule has 1 aliphatic rings. The lowest BCUT2D eigenvalue weighted by molar-refractivity contribution is 0.568. The Hall–Kier alpha value is -2.92. The van der Waals surface area contributed by atoms with Gasteiger partial charge in [-0.05, 0) is 18.9 Å². The highest BCUT2D eigenvalue weighted by atomic mass is 32.1. The van der Waals surface area contributed by atoms with Crippen molar-refractivity contribution in [3.8, 4) is 16.6 Å². The molecule has 0 aromatic carbocycles. The second-order valence-electron chi connectivity index (χ2n) is 5.62. The maximum absolute atomic E-state index is 12.6. The molecule has 0 spiro atoms. The van der Waals surface area contributed by atoms with Crippen molar-refractivity contribution in [1.82, 2.24) is 14.1 Å². The fourth-order valence-electron chi connectivity index (χ4n) is 2.51. The first-order valence-electron chi connectivity index (χ1n) is 7.40. The van der Waals surface area contributed by atoms with E-state index in [0.29, 0.717) is 5.69 Å². The van der Waals surface area contributed by atoms with E-state index in [1.54, 1.807) is 24.0 Å². The van der Waals surface area contributed by atoms with E-state index in [2.05, 4.69) is 4.98 Å². The first-order chi connectivity index (χ1) is 11.7. The molecule has 0 amide bonds. The van der Waals surface area contributed by atoms with Crippen LogP contribution in [0.25, 0.3) is 10.6 Å². The molecule has 3 heterocycles. The zero-order valence-corrected chi connectivity index (χ0v) is 13.3. The molecule has 8 heteroatoms. The highest BCUT2D eigenvalue weighted by Gasteiger charge is 2.27. The van der Waals surface area contributed by atoms with Gasteiger partial charge in [0.15, 0.2) is 0 Å². The lowest BCUT2D eigenvalue weighted by Crippen LogP contribution is -2.41. The van der Waals surface area contributed by atoms with E-state index in [4.69, 9.17) is 9.68 Å². The molecule has 120 valence electrons. The van der Waals surface area contributed by atoms with Crippen molar-refractivity contribution in [2.24, 2.45) is 0 Å². The molecule has 1 aliphatic carbocycles. The third-order valence-corrected chi connectivity index (χ3v) is 4.84. The Labute approximate surface area is 140 Å². The average molecular weight is 340 g/mol. The first-order valence-corrected chi connectivity index (χ1v) is 8.28. The number of nitrogens with zero attached hydrogens (tertiary/aromatic N) is 4. The number of hydrogen-bond acceptors (Lipinski definition) is 6. The Morgan fingerprint density at radius 1 is 1.42 bits per heavy atom. The highest BCUT2D eigenvalue weighted by molar-refractivity contribution is 7.13. The summed E-state index contributed by atoms with van der Waals surface area (Å²) in [4.78, 5) is 29.3. The zero-order chi connectivity index (χ0) is 16.7. The van der Waals surface area contributed by atoms with Crippen molar-refractivity contribution in [3.05, 3.63) is 62.3 Å². The van der Waals surface area contributed by atoms with E-state index < -0.39 is 5.56 Å². The fraction of sp³-hybridized carbons (Fsp3) is 0.250. The van der Waals surface area contributed by atoms with Crippen LogP contribution < -0.4 is 11.2 Å². The SMILES string of the molecule is N#Cc1cn(C2CC2)c(=O)n(Cc2csc(-c3ccoc3)n2)c1=O. The molecule has 4 rings (SSSR count). The van der Waals surface area contributed by atoms with Crippen LogP contribution in [-0.2, 0) is 6.54 Å². The summed E-state index contributed by atoms with van der Waals surface area (Å²) in [5.74, 6) is 0. The summed E-state index contributed by atoms with van der Waals surface area (Å²) in [6, 6.07) is 3.76. The van der Waals surface area contributed by atoms with Gasteiger partial charge >= 0.3 is 5.69 Å². The van der Waals surface area contributed by atoms with Crippen molar-refractivity contribution in [1.29, 1.82) is 5.26 Å².